The van der Waals surface area contributed by atoms with Gasteiger partial charge in [-0.05, 0) is 42.9 Å². The summed E-state index contributed by atoms with van der Waals surface area (Å²) >= 11 is 3.32. The molecular formula is C14H21BrN2O2S. The van der Waals surface area contributed by atoms with Gasteiger partial charge in [0.2, 0.25) is 10.0 Å². The summed E-state index contributed by atoms with van der Waals surface area (Å²) in [5.74, 6) is 0.775. The third kappa shape index (κ3) is 3.02. The summed E-state index contributed by atoms with van der Waals surface area (Å²) < 4.78 is 28.0. The van der Waals surface area contributed by atoms with Gasteiger partial charge in [-0.25, -0.2) is 8.42 Å². The maximum absolute atomic E-state index is 12.9. The topological polar surface area (TPSA) is 63.4 Å². The molecule has 6 heteroatoms. The first kappa shape index (κ1) is 15.8. The van der Waals surface area contributed by atoms with Gasteiger partial charge < -0.3 is 5.73 Å². The molecule has 0 aromatic heterocycles. The number of nitrogens with zero attached hydrogens (tertiary/aromatic N) is 1. The Bertz CT molecular complexity index is 606. The van der Waals surface area contributed by atoms with Crippen molar-refractivity contribution in [2.45, 2.75) is 32.1 Å². The number of nitrogen functional groups attached to an aromatic ring is 1. The molecule has 2 N–H and O–H groups in total. The molecule has 20 heavy (non-hydrogen) atoms. The molecule has 1 heterocycles. The summed E-state index contributed by atoms with van der Waals surface area (Å²) in [4.78, 5) is 0.311. The molecule has 2 rings (SSSR count). The lowest BCUT2D eigenvalue weighted by molar-refractivity contribution is 0.222. The Hall–Kier alpha value is -0.590. The Morgan fingerprint density at radius 3 is 2.35 bits per heavy atom. The van der Waals surface area contributed by atoms with Crippen LogP contribution in [0.3, 0.4) is 0 Å². The normalized spacial score (nSPS) is 24.8. The number of piperidine rings is 1. The van der Waals surface area contributed by atoms with E-state index < -0.39 is 10.0 Å². The van der Waals surface area contributed by atoms with Crippen LogP contribution in [0.25, 0.3) is 0 Å². The largest absolute Gasteiger partial charge is 0.398 e. The van der Waals surface area contributed by atoms with Crippen molar-refractivity contribution in [1.29, 1.82) is 0 Å². The van der Waals surface area contributed by atoms with Crippen molar-refractivity contribution in [3.63, 3.8) is 0 Å². The predicted octanol–water partition coefficient (Wildman–Crippen LogP) is 3.01. The number of halogens is 1. The fraction of sp³-hybridized carbons (Fsp3) is 0.571. The zero-order valence-electron chi connectivity index (χ0n) is 12.1. The van der Waals surface area contributed by atoms with Crippen molar-refractivity contribution < 1.29 is 8.42 Å². The third-order valence-electron chi connectivity index (χ3n) is 3.82. The van der Waals surface area contributed by atoms with Crippen molar-refractivity contribution in [2.24, 2.45) is 11.8 Å². The van der Waals surface area contributed by atoms with E-state index in [0.717, 1.165) is 6.42 Å². The molecular weight excluding hydrogens is 340 g/mol. The minimum Gasteiger partial charge on any atom is -0.398 e. The Kier molecular flexibility index (Phi) is 4.47. The molecule has 1 aromatic carbocycles. The Labute approximate surface area is 129 Å². The van der Waals surface area contributed by atoms with Gasteiger partial charge in [-0.15, -0.1) is 0 Å². The minimum atomic E-state index is -3.48. The summed E-state index contributed by atoms with van der Waals surface area (Å²) in [5, 5.41) is 0. The standard InChI is InChI=1S/C14H21BrN2O2S/c1-9-4-10(2)8-17(7-9)20(18,19)14-6-12(15)5-13(16)11(14)3/h5-6,9-10H,4,7-8,16H2,1-3H3. The van der Waals surface area contributed by atoms with Crippen LogP contribution in [0.5, 0.6) is 0 Å². The highest BCUT2D eigenvalue weighted by Crippen LogP contribution is 2.31. The van der Waals surface area contributed by atoms with Crippen molar-refractivity contribution in [2.75, 3.05) is 18.8 Å². The fourth-order valence-corrected chi connectivity index (χ4v) is 5.47. The first-order valence-corrected chi connectivity index (χ1v) is 9.01. The first-order valence-electron chi connectivity index (χ1n) is 6.77. The summed E-state index contributed by atoms with van der Waals surface area (Å²) in [7, 11) is -3.48. The average Bonchev–Trinajstić information content (AvgIpc) is 2.32. The number of hydrogen-bond acceptors (Lipinski definition) is 3. The summed E-state index contributed by atoms with van der Waals surface area (Å²) in [6.07, 6.45) is 1.08. The first-order chi connectivity index (χ1) is 9.21. The molecule has 4 nitrogen and oxygen atoms in total. The van der Waals surface area contributed by atoms with Gasteiger partial charge >= 0.3 is 0 Å². The Morgan fingerprint density at radius 1 is 1.25 bits per heavy atom. The second-order valence-electron chi connectivity index (χ2n) is 5.89. The highest BCUT2D eigenvalue weighted by Gasteiger charge is 2.33. The second kappa shape index (κ2) is 5.66. The molecule has 0 radical (unpaired) electrons. The lowest BCUT2D eigenvalue weighted by Gasteiger charge is -2.34. The van der Waals surface area contributed by atoms with Gasteiger partial charge in [0.05, 0.1) is 4.90 Å². The molecule has 1 aromatic rings. The maximum atomic E-state index is 12.9. The van der Waals surface area contributed by atoms with Gasteiger partial charge in [0.25, 0.3) is 0 Å². The van der Waals surface area contributed by atoms with E-state index in [1.165, 1.54) is 0 Å². The SMILES string of the molecule is Cc1c(N)cc(Br)cc1S(=O)(=O)N1CC(C)CC(C)C1. The van der Waals surface area contributed by atoms with Gasteiger partial charge in [0.15, 0.2) is 0 Å². The molecule has 1 aliphatic rings. The molecule has 0 aliphatic carbocycles. The van der Waals surface area contributed by atoms with E-state index in [2.05, 4.69) is 29.8 Å². The van der Waals surface area contributed by atoms with Crippen molar-refractivity contribution in [3.8, 4) is 0 Å². The number of benzene rings is 1. The molecule has 112 valence electrons. The zero-order chi connectivity index (χ0) is 15.1. The maximum Gasteiger partial charge on any atom is 0.243 e. The molecule has 2 unspecified atom stereocenters. The number of sulfonamides is 1. The van der Waals surface area contributed by atoms with E-state index in [9.17, 15) is 8.42 Å². The number of hydrogen-bond donors (Lipinski definition) is 1. The quantitative estimate of drug-likeness (QED) is 0.824. The number of rotatable bonds is 2. The van der Waals surface area contributed by atoms with Crippen LogP contribution in [0.4, 0.5) is 5.69 Å². The van der Waals surface area contributed by atoms with Gasteiger partial charge in [0, 0.05) is 23.2 Å². The van der Waals surface area contributed by atoms with E-state index in [1.807, 2.05) is 0 Å². The molecule has 1 saturated heterocycles. The lowest BCUT2D eigenvalue weighted by atomic mass is 9.94. The monoisotopic (exact) mass is 360 g/mol. The smallest absolute Gasteiger partial charge is 0.243 e. The molecule has 1 aliphatic heterocycles. The van der Waals surface area contributed by atoms with E-state index in [1.54, 1.807) is 23.4 Å². The van der Waals surface area contributed by atoms with Crippen LogP contribution >= 0.6 is 15.9 Å². The zero-order valence-corrected chi connectivity index (χ0v) is 14.5. The predicted molar refractivity (Wildman–Crippen MR) is 85.0 cm³/mol. The molecule has 0 saturated carbocycles. The minimum absolute atomic E-state index is 0.311. The van der Waals surface area contributed by atoms with Crippen molar-refractivity contribution >= 4 is 31.6 Å². The Balaban J connectivity index is 2.45. The third-order valence-corrected chi connectivity index (χ3v) is 6.23. The Morgan fingerprint density at radius 2 is 1.80 bits per heavy atom. The van der Waals surface area contributed by atoms with Crippen LogP contribution in [-0.4, -0.2) is 25.8 Å². The van der Waals surface area contributed by atoms with Crippen LogP contribution < -0.4 is 5.73 Å². The van der Waals surface area contributed by atoms with Crippen LogP contribution in [0, 0.1) is 18.8 Å². The molecule has 1 fully saturated rings. The van der Waals surface area contributed by atoms with Gasteiger partial charge in [-0.2, -0.15) is 4.31 Å². The summed E-state index contributed by atoms with van der Waals surface area (Å²) in [5.41, 5.74) is 7.01. The van der Waals surface area contributed by atoms with E-state index in [4.69, 9.17) is 5.73 Å². The average molecular weight is 361 g/mol. The highest BCUT2D eigenvalue weighted by atomic mass is 79.9. The van der Waals surface area contributed by atoms with Gasteiger partial charge in [0.1, 0.15) is 0 Å². The summed E-state index contributed by atoms with van der Waals surface area (Å²) in [6.45, 7) is 7.11. The molecule has 2 atom stereocenters. The molecule has 0 spiro atoms. The van der Waals surface area contributed by atoms with Gasteiger partial charge in [-0.3, -0.25) is 0 Å². The number of anilines is 1. The van der Waals surface area contributed by atoms with Crippen LogP contribution in [0.15, 0.2) is 21.5 Å². The molecule has 0 amide bonds. The van der Waals surface area contributed by atoms with Crippen molar-refractivity contribution in [3.05, 3.63) is 22.2 Å². The van der Waals surface area contributed by atoms with E-state index in [0.29, 0.717) is 45.5 Å². The lowest BCUT2D eigenvalue weighted by Crippen LogP contribution is -2.42. The van der Waals surface area contributed by atoms with Crippen molar-refractivity contribution in [1.82, 2.24) is 4.31 Å². The van der Waals surface area contributed by atoms with Gasteiger partial charge in [-0.1, -0.05) is 29.8 Å². The van der Waals surface area contributed by atoms with E-state index >= 15 is 0 Å². The fourth-order valence-electron chi connectivity index (χ4n) is 2.88. The molecule has 0 bridgehead atoms. The summed E-state index contributed by atoms with van der Waals surface area (Å²) in [6, 6.07) is 3.38. The van der Waals surface area contributed by atoms with E-state index in [-0.39, 0.29) is 0 Å². The van der Waals surface area contributed by atoms with Crippen LogP contribution in [-0.2, 0) is 10.0 Å². The highest BCUT2D eigenvalue weighted by molar-refractivity contribution is 9.10. The van der Waals surface area contributed by atoms with Crippen LogP contribution in [0.2, 0.25) is 0 Å². The number of nitrogens with two attached hydrogens (primary N) is 1. The van der Waals surface area contributed by atoms with Crippen LogP contribution in [0.1, 0.15) is 25.8 Å². The second-order valence-corrected chi connectivity index (χ2v) is 8.71.